The molecule has 0 spiro atoms. The molecular weight excluding hydrogens is 566 g/mol. The van der Waals surface area contributed by atoms with E-state index in [4.69, 9.17) is 6.57 Å². The highest BCUT2D eigenvalue weighted by Crippen LogP contribution is 2.40. The van der Waals surface area contributed by atoms with Gasteiger partial charge in [0.05, 0.1) is 28.2 Å². The van der Waals surface area contributed by atoms with E-state index in [1.807, 2.05) is 52.0 Å². The van der Waals surface area contributed by atoms with E-state index in [2.05, 4.69) is 20.5 Å². The zero-order valence-electron chi connectivity index (χ0n) is 25.6. The summed E-state index contributed by atoms with van der Waals surface area (Å²) in [5.41, 5.74) is 2.70. The highest BCUT2D eigenvalue weighted by Gasteiger charge is 2.59. The molecule has 1 aromatic carbocycles. The van der Waals surface area contributed by atoms with E-state index < -0.39 is 52.9 Å². The number of hydrogen-bond donors (Lipinski definition) is 3. The van der Waals surface area contributed by atoms with Gasteiger partial charge in [0, 0.05) is 37.6 Å². The highest BCUT2D eigenvalue weighted by atomic mass is 32.1. The third-order valence-electron chi connectivity index (χ3n) is 8.31. The zero-order chi connectivity index (χ0) is 31.7. The van der Waals surface area contributed by atoms with E-state index in [-0.39, 0.29) is 31.1 Å². The second-order valence-electron chi connectivity index (χ2n) is 13.1. The van der Waals surface area contributed by atoms with Gasteiger partial charge in [-0.2, -0.15) is 0 Å². The van der Waals surface area contributed by atoms with Crippen molar-refractivity contribution in [1.29, 1.82) is 0 Å². The number of amides is 3. The molecule has 1 aliphatic carbocycles. The van der Waals surface area contributed by atoms with Crippen LogP contribution in [0.25, 0.3) is 15.3 Å². The molecule has 2 fully saturated rings. The van der Waals surface area contributed by atoms with Gasteiger partial charge in [0.25, 0.3) is 0 Å². The number of thiazole rings is 1. The molecule has 230 valence electrons. The largest absolute Gasteiger partial charge is 0.391 e. The number of nitrogens with zero attached hydrogens (tertiary/aromatic N) is 3. The fourth-order valence-corrected chi connectivity index (χ4v) is 6.05. The Labute approximate surface area is 257 Å². The van der Waals surface area contributed by atoms with Gasteiger partial charge in [-0.3, -0.25) is 24.0 Å². The number of benzene rings is 1. The molecule has 0 bridgehead atoms. The number of nitrogens with one attached hydrogen (secondary N) is 2. The summed E-state index contributed by atoms with van der Waals surface area (Å²) in [5.74, 6) is -1.78. The van der Waals surface area contributed by atoms with Crippen LogP contribution >= 0.6 is 11.3 Å². The van der Waals surface area contributed by atoms with E-state index in [1.54, 1.807) is 19.4 Å². The molecule has 43 heavy (non-hydrogen) atoms. The van der Waals surface area contributed by atoms with Gasteiger partial charge in [-0.05, 0) is 24.0 Å². The van der Waals surface area contributed by atoms with Crippen molar-refractivity contribution in [2.75, 3.05) is 6.54 Å². The minimum atomic E-state index is -1.12. The fraction of sp³-hybridized carbons (Fsp3) is 0.562. The number of carbonyl (C=O) groups is 4. The molecule has 2 heterocycles. The number of hydrogen-bond acceptors (Lipinski definition) is 7. The number of likely N-dealkylation sites (tertiary alicyclic amines) is 1. The molecule has 4 atom stereocenters. The normalized spacial score (nSPS) is 20.7. The Morgan fingerprint density at radius 2 is 1.81 bits per heavy atom. The summed E-state index contributed by atoms with van der Waals surface area (Å²) in [6.45, 7) is 18.3. The molecule has 11 heteroatoms. The molecule has 3 N–H and O–H groups in total. The van der Waals surface area contributed by atoms with Gasteiger partial charge >= 0.3 is 11.4 Å². The van der Waals surface area contributed by atoms with Crippen molar-refractivity contribution < 1.29 is 24.3 Å². The van der Waals surface area contributed by atoms with Crippen LogP contribution in [0.3, 0.4) is 0 Å². The van der Waals surface area contributed by atoms with Crippen molar-refractivity contribution >= 4 is 34.8 Å². The number of carbonyl (C=O) groups excluding carboxylic acids is 4. The molecule has 0 radical (unpaired) electrons. The topological polar surface area (TPSA) is 133 Å². The molecule has 1 saturated carbocycles. The number of rotatable bonds is 10. The van der Waals surface area contributed by atoms with E-state index in [0.717, 1.165) is 21.7 Å². The summed E-state index contributed by atoms with van der Waals surface area (Å²) in [6, 6.07) is 5.07. The molecule has 1 aliphatic heterocycles. The zero-order valence-corrected chi connectivity index (χ0v) is 26.5. The van der Waals surface area contributed by atoms with E-state index in [9.17, 15) is 24.3 Å². The van der Waals surface area contributed by atoms with Crippen LogP contribution in [-0.4, -0.2) is 68.8 Å². The molecule has 1 saturated heterocycles. The second kappa shape index (κ2) is 12.5. The number of aryl methyl sites for hydroxylation is 1. The third-order valence-corrected chi connectivity index (χ3v) is 9.29. The minimum Gasteiger partial charge on any atom is -0.391 e. The Bertz CT molecular complexity index is 1420. The summed E-state index contributed by atoms with van der Waals surface area (Å²) >= 11 is 1.54. The van der Waals surface area contributed by atoms with Crippen molar-refractivity contribution in [1.82, 2.24) is 20.5 Å². The number of Topliss-reactive ketones (excluding diaryl/α,β-unsaturated/α-hetero) is 1. The fourth-order valence-electron chi connectivity index (χ4n) is 5.24. The van der Waals surface area contributed by atoms with Gasteiger partial charge in [0.2, 0.25) is 11.8 Å². The van der Waals surface area contributed by atoms with Crippen LogP contribution in [0.2, 0.25) is 0 Å². The van der Waals surface area contributed by atoms with E-state index in [1.165, 1.54) is 16.2 Å². The lowest BCUT2D eigenvalue weighted by Gasteiger charge is -2.31. The summed E-state index contributed by atoms with van der Waals surface area (Å²) in [4.78, 5) is 63.6. The van der Waals surface area contributed by atoms with Gasteiger partial charge in [-0.15, -0.1) is 11.3 Å². The average Bonchev–Trinajstić information content (AvgIpc) is 3.49. The first kappa shape index (κ1) is 32.3. The summed E-state index contributed by atoms with van der Waals surface area (Å²) in [5, 5.41) is 16.3. The van der Waals surface area contributed by atoms with Gasteiger partial charge < -0.3 is 20.6 Å². The second-order valence-corrected chi connectivity index (χ2v) is 13.9. The Hall–Kier alpha value is -3.62. The smallest absolute Gasteiger partial charge is 0.309 e. The molecular formula is C32H41N5O5S. The summed E-state index contributed by atoms with van der Waals surface area (Å²) in [6.07, 6.45) is 0.0765. The maximum atomic E-state index is 13.8. The van der Waals surface area contributed by atoms with Crippen molar-refractivity contribution in [3.8, 4) is 10.4 Å². The molecule has 2 aromatic rings. The number of β-amino-alcohol motifs (C(OH)–C–C–N with tert-alkyl or cyclic N) is 1. The predicted octanol–water partition coefficient (Wildman–Crippen LogP) is 3.84. The number of aliphatic hydroxyl groups excluding tert-OH is 1. The van der Waals surface area contributed by atoms with Crippen LogP contribution in [0.4, 0.5) is 0 Å². The van der Waals surface area contributed by atoms with Gasteiger partial charge in [0.15, 0.2) is 0 Å². The molecule has 4 rings (SSSR count). The van der Waals surface area contributed by atoms with Crippen LogP contribution in [-0.2, 0) is 19.2 Å². The van der Waals surface area contributed by atoms with Crippen LogP contribution in [0.5, 0.6) is 0 Å². The van der Waals surface area contributed by atoms with Gasteiger partial charge in [-0.1, -0.05) is 58.9 Å². The van der Waals surface area contributed by atoms with E-state index in [0.29, 0.717) is 12.8 Å². The molecule has 0 unspecified atom stereocenters. The minimum absolute atomic E-state index is 0.0315. The first-order chi connectivity index (χ1) is 20.2. The quantitative estimate of drug-likeness (QED) is 0.352. The standard InChI is InChI=1S/C32H41N5O5S/c1-18(2)26(36-30(42)32(33-7)12-13-32)29(41)37-16-22(38)14-24(37)28(40)35-23(15-25(39)31(4,5)6)20-8-10-21(11-9-20)27-19(3)34-17-43-27/h8-11,17-18,22-24,26,38H,12-16H2,1-6H3,(H,35,40)(H,36,42)/t22-,23+,24+,26+/m1/s1. The predicted molar refractivity (Wildman–Crippen MR) is 164 cm³/mol. The number of aromatic nitrogens is 1. The first-order valence-electron chi connectivity index (χ1n) is 14.7. The Balaban J connectivity index is 1.56. The lowest BCUT2D eigenvalue weighted by atomic mass is 9.85. The van der Waals surface area contributed by atoms with Crippen LogP contribution in [0, 0.1) is 24.8 Å². The van der Waals surface area contributed by atoms with Crippen LogP contribution < -0.4 is 10.6 Å². The maximum absolute atomic E-state index is 13.8. The number of aliphatic hydroxyl groups is 1. The molecule has 2 aliphatic rings. The highest BCUT2D eigenvalue weighted by molar-refractivity contribution is 7.13. The van der Waals surface area contributed by atoms with Gasteiger partial charge in [-0.25, -0.2) is 11.6 Å². The lowest BCUT2D eigenvalue weighted by Crippen LogP contribution is -2.56. The Morgan fingerprint density at radius 1 is 1.16 bits per heavy atom. The van der Waals surface area contributed by atoms with Crippen molar-refractivity contribution in [3.05, 3.63) is 52.5 Å². The Kier molecular flexibility index (Phi) is 9.42. The van der Waals surface area contributed by atoms with Crippen LogP contribution in [0.15, 0.2) is 29.8 Å². The van der Waals surface area contributed by atoms with E-state index >= 15 is 0 Å². The van der Waals surface area contributed by atoms with Gasteiger partial charge in [0.1, 0.15) is 17.9 Å². The molecule has 10 nitrogen and oxygen atoms in total. The average molecular weight is 608 g/mol. The van der Waals surface area contributed by atoms with Crippen LogP contribution in [0.1, 0.15) is 77.6 Å². The molecule has 1 aromatic heterocycles. The SMILES string of the molecule is [C-]#[N+]C1(C(=O)N[C@H](C(=O)N2C[C@H](O)C[C@H]2C(=O)N[C@@H](CC(=O)C(C)(C)C)c2ccc(-c3scnc3C)cc2)C(C)C)CC1. The first-order valence-corrected chi connectivity index (χ1v) is 15.6. The summed E-state index contributed by atoms with van der Waals surface area (Å²) < 4.78 is 0. The Morgan fingerprint density at radius 3 is 2.33 bits per heavy atom. The third kappa shape index (κ3) is 7.13. The van der Waals surface area contributed by atoms with Crippen molar-refractivity contribution in [2.45, 2.75) is 97.0 Å². The van der Waals surface area contributed by atoms with Crippen molar-refractivity contribution in [3.63, 3.8) is 0 Å². The molecule has 3 amide bonds. The maximum Gasteiger partial charge on any atom is 0.309 e. The lowest BCUT2D eigenvalue weighted by molar-refractivity contribution is -0.143. The number of ketones is 1. The summed E-state index contributed by atoms with van der Waals surface area (Å²) in [7, 11) is 0. The van der Waals surface area contributed by atoms with Crippen molar-refractivity contribution in [2.24, 2.45) is 11.3 Å². The monoisotopic (exact) mass is 607 g/mol.